The van der Waals surface area contributed by atoms with E-state index in [1.54, 1.807) is 0 Å². The third kappa shape index (κ3) is 23.4. The maximum atomic E-state index is 12.2. The van der Waals surface area contributed by atoms with Crippen LogP contribution in [0, 0.1) is 0 Å². The molecule has 0 aliphatic heterocycles. The van der Waals surface area contributed by atoms with Crippen LogP contribution in [-0.2, 0) is 43.7 Å². The van der Waals surface area contributed by atoms with Crippen LogP contribution in [0.2, 0.25) is 5.02 Å². The Morgan fingerprint density at radius 3 is 1.65 bits per heavy atom. The smallest absolute Gasteiger partial charge is 0.331 e. The fourth-order valence-electron chi connectivity index (χ4n) is 6.75. The average molecular weight is 792 g/mol. The summed E-state index contributed by atoms with van der Waals surface area (Å²) >= 11 is 6.22. The van der Waals surface area contributed by atoms with Crippen molar-refractivity contribution in [2.24, 2.45) is 0 Å². The van der Waals surface area contributed by atoms with E-state index in [0.717, 1.165) is 63.4 Å². The number of hydrogen-bond donors (Lipinski definition) is 1. The molecule has 0 bridgehead atoms. The zero-order chi connectivity index (χ0) is 40.6. The summed E-state index contributed by atoms with van der Waals surface area (Å²) in [4.78, 5) is 58.9. The van der Waals surface area contributed by atoms with Gasteiger partial charge < -0.3 is 29.4 Å². The third-order valence-electron chi connectivity index (χ3n) is 10.0. The van der Waals surface area contributed by atoms with E-state index in [4.69, 9.17) is 25.8 Å². The number of unbranched alkanes of at least 4 members (excludes halogenated alkanes) is 16. The predicted molar refractivity (Wildman–Crippen MR) is 214 cm³/mol. The van der Waals surface area contributed by atoms with E-state index in [2.05, 4.69) is 13.8 Å². The molecule has 2 rings (SSSR count). The number of ether oxygens (including phenoxy) is 3. The van der Waals surface area contributed by atoms with Crippen LogP contribution in [0.25, 0.3) is 0 Å². The van der Waals surface area contributed by atoms with Crippen LogP contribution in [-0.4, -0.2) is 56.0 Å². The Balaban J connectivity index is 0.000000773. The van der Waals surface area contributed by atoms with E-state index >= 15 is 0 Å². The average Bonchev–Trinajstić information content (AvgIpc) is 3.17. The molecule has 1 aromatic carbocycles. The summed E-state index contributed by atoms with van der Waals surface area (Å²) in [6, 6.07) is 7.70. The zero-order valence-electron chi connectivity index (χ0n) is 34.1. The van der Waals surface area contributed by atoms with Crippen LogP contribution in [0.15, 0.2) is 36.4 Å². The van der Waals surface area contributed by atoms with Crippen LogP contribution in [0.3, 0.4) is 0 Å². The van der Waals surface area contributed by atoms with Gasteiger partial charge in [-0.2, -0.15) is 0 Å². The first-order chi connectivity index (χ1) is 26.6. The molecule has 1 aliphatic rings. The number of ketones is 1. The summed E-state index contributed by atoms with van der Waals surface area (Å²) in [5.41, 5.74) is 0.542. The monoisotopic (exact) mass is 791 g/mol. The van der Waals surface area contributed by atoms with E-state index in [1.807, 2.05) is 36.6 Å². The maximum absolute atomic E-state index is 12.2. The fourth-order valence-corrected chi connectivity index (χ4v) is 7.06. The minimum atomic E-state index is -1.54. The highest BCUT2D eigenvalue weighted by Gasteiger charge is 2.45. The van der Waals surface area contributed by atoms with Gasteiger partial charge in [0.2, 0.25) is 0 Å². The molecule has 0 saturated heterocycles. The number of esters is 3. The molecule has 0 heterocycles. The molecule has 0 spiro atoms. The summed E-state index contributed by atoms with van der Waals surface area (Å²) in [5.74, 6) is -3.00. The number of quaternary nitrogens is 1. The SMILES string of the molecule is CCCCCCCCCCCC(=O)OCC(COC(=O)CCCCCCCCCCC)OC(=O)/C=C/C(=O)[O-].C[NH2+][C@]1(c2ccccc2Cl)CCCCC1=O. The Hall–Kier alpha value is -3.24. The number of carboxylic acid groups (broad SMARTS) is 1. The largest absolute Gasteiger partial charge is 0.545 e. The second kappa shape index (κ2) is 31.9. The minimum Gasteiger partial charge on any atom is -0.545 e. The van der Waals surface area contributed by atoms with Gasteiger partial charge in [-0.3, -0.25) is 14.4 Å². The van der Waals surface area contributed by atoms with Crippen LogP contribution < -0.4 is 10.4 Å². The minimum absolute atomic E-state index is 0.263. The van der Waals surface area contributed by atoms with Crippen LogP contribution >= 0.6 is 11.6 Å². The quantitative estimate of drug-likeness (QED) is 0.0368. The van der Waals surface area contributed by atoms with E-state index in [-0.39, 0.29) is 26.1 Å². The number of halogens is 1. The van der Waals surface area contributed by atoms with Crippen LogP contribution in [0.5, 0.6) is 0 Å². The molecule has 55 heavy (non-hydrogen) atoms. The maximum Gasteiger partial charge on any atom is 0.331 e. The van der Waals surface area contributed by atoms with E-state index in [1.165, 1.54) is 77.0 Å². The summed E-state index contributed by atoms with van der Waals surface area (Å²) in [6.07, 6.45) is 24.9. The van der Waals surface area contributed by atoms with Gasteiger partial charge in [0.15, 0.2) is 17.4 Å². The summed E-state index contributed by atoms with van der Waals surface area (Å²) in [7, 11) is 1.96. The molecule has 1 saturated carbocycles. The van der Waals surface area contributed by atoms with Crippen molar-refractivity contribution in [2.75, 3.05) is 20.3 Å². The number of likely N-dealkylation sites (N-methyl/N-ethyl adjacent to an activating group) is 1. The first-order valence-corrected chi connectivity index (χ1v) is 21.5. The van der Waals surface area contributed by atoms with Gasteiger partial charge in [-0.25, -0.2) is 4.79 Å². The van der Waals surface area contributed by atoms with Gasteiger partial charge in [-0.15, -0.1) is 0 Å². The molecule has 1 aliphatic carbocycles. The number of carbonyl (C=O) groups excluding carboxylic acids is 5. The Labute approximate surface area is 335 Å². The Kier molecular flexibility index (Phi) is 28.9. The molecule has 1 fully saturated rings. The van der Waals surface area contributed by atoms with Crippen molar-refractivity contribution in [3.63, 3.8) is 0 Å². The topological polar surface area (TPSA) is 153 Å². The molecule has 1 aromatic rings. The van der Waals surface area contributed by atoms with Gasteiger partial charge in [0.1, 0.15) is 13.2 Å². The lowest BCUT2D eigenvalue weighted by Crippen LogP contribution is -2.94. The van der Waals surface area contributed by atoms with Gasteiger partial charge in [0, 0.05) is 37.3 Å². The molecule has 312 valence electrons. The van der Waals surface area contributed by atoms with Crippen molar-refractivity contribution in [1.82, 2.24) is 0 Å². The van der Waals surface area contributed by atoms with Crippen molar-refractivity contribution < 1.29 is 48.6 Å². The molecule has 0 amide bonds. The normalized spacial score (nSPS) is 15.4. The summed E-state index contributed by atoms with van der Waals surface area (Å²) in [5, 5.41) is 13.3. The molecular formula is C44H70ClNO9. The number of Topliss-reactive ketones (excluding diaryl/α,β-unsaturated/α-hetero) is 1. The zero-order valence-corrected chi connectivity index (χ0v) is 34.8. The van der Waals surface area contributed by atoms with Gasteiger partial charge in [0.25, 0.3) is 0 Å². The second-order valence-corrected chi connectivity index (χ2v) is 15.0. The van der Waals surface area contributed by atoms with Crippen LogP contribution in [0.4, 0.5) is 0 Å². The van der Waals surface area contributed by atoms with Gasteiger partial charge >= 0.3 is 17.9 Å². The number of carbonyl (C=O) groups is 5. The molecule has 11 heteroatoms. The number of nitrogens with two attached hydrogens (primary N) is 1. The molecule has 0 unspecified atom stereocenters. The number of hydrogen-bond acceptors (Lipinski definition) is 9. The summed E-state index contributed by atoms with van der Waals surface area (Å²) < 4.78 is 15.6. The number of aliphatic carboxylic acids is 1. The van der Waals surface area contributed by atoms with Crippen molar-refractivity contribution in [3.8, 4) is 0 Å². The molecular weight excluding hydrogens is 722 g/mol. The lowest BCUT2D eigenvalue weighted by Gasteiger charge is -2.33. The molecule has 2 N–H and O–H groups in total. The summed E-state index contributed by atoms with van der Waals surface area (Å²) in [6.45, 7) is 3.86. The molecule has 0 radical (unpaired) electrons. The first-order valence-electron chi connectivity index (χ1n) is 21.1. The first kappa shape index (κ1) is 49.8. The lowest BCUT2D eigenvalue weighted by molar-refractivity contribution is -0.698. The number of rotatable bonds is 29. The van der Waals surface area contributed by atoms with Gasteiger partial charge in [0.05, 0.1) is 18.0 Å². The Morgan fingerprint density at radius 1 is 0.745 bits per heavy atom. The van der Waals surface area contributed by atoms with E-state index in [9.17, 15) is 29.1 Å². The van der Waals surface area contributed by atoms with Gasteiger partial charge in [-0.1, -0.05) is 146 Å². The number of carboxylic acids is 1. The van der Waals surface area contributed by atoms with Crippen molar-refractivity contribution >= 4 is 41.3 Å². The van der Waals surface area contributed by atoms with Crippen molar-refractivity contribution in [1.29, 1.82) is 0 Å². The lowest BCUT2D eigenvalue weighted by atomic mass is 9.75. The number of benzene rings is 1. The standard InChI is InChI=1S/C31H54O8.C13H16ClNO/c1-3-5-7-9-11-13-15-17-19-21-29(34)37-25-27(39-31(36)24-23-28(32)33)26-38-30(35)22-20-18-16-14-12-10-8-6-4-2;1-15-13(9-5-4-8-12(13)16)10-6-2-3-7-11(10)14/h23-24,27H,3-22,25-26H2,1-2H3,(H,32,33);2-3,6-7,15H,4-5,8-9H2,1H3/b24-23+;/t;13-/m.0/s1. The third-order valence-corrected chi connectivity index (χ3v) is 10.4. The van der Waals surface area contributed by atoms with Crippen molar-refractivity contribution in [3.05, 3.63) is 47.0 Å². The van der Waals surface area contributed by atoms with Crippen molar-refractivity contribution in [2.45, 2.75) is 180 Å². The van der Waals surface area contributed by atoms with E-state index in [0.29, 0.717) is 29.4 Å². The highest BCUT2D eigenvalue weighted by atomic mass is 35.5. The molecule has 10 nitrogen and oxygen atoms in total. The predicted octanol–water partition coefficient (Wildman–Crippen LogP) is 8.00. The molecule has 1 atom stereocenters. The van der Waals surface area contributed by atoms with E-state index < -0.39 is 35.5 Å². The fraction of sp³-hybridized carbons (Fsp3) is 0.705. The molecule has 0 aromatic heterocycles. The highest BCUT2D eigenvalue weighted by molar-refractivity contribution is 6.31. The second-order valence-electron chi connectivity index (χ2n) is 14.6. The van der Waals surface area contributed by atoms with Gasteiger partial charge in [-0.05, 0) is 37.8 Å². The highest BCUT2D eigenvalue weighted by Crippen LogP contribution is 2.34. The Morgan fingerprint density at radius 2 is 1.22 bits per heavy atom. The Bertz CT molecular complexity index is 1230. The van der Waals surface area contributed by atoms with Crippen LogP contribution in [0.1, 0.15) is 174 Å².